The van der Waals surface area contributed by atoms with Crippen LogP contribution < -0.4 is 10.5 Å². The molecule has 0 saturated heterocycles. The molecule has 6 nitrogen and oxygen atoms in total. The third-order valence-corrected chi connectivity index (χ3v) is 2.83. The van der Waals surface area contributed by atoms with Crippen LogP contribution in [0.4, 0.5) is 5.82 Å². The first-order valence-corrected chi connectivity index (χ1v) is 6.04. The standard InChI is InChI=1S/C12H19N3O3/c1-4-14-7-6-13-10(11(14)16)15(5-2)8-9(3)12(17)18/h6-7,9H,4-5,8H2,1-3H3,(H,17,18). The summed E-state index contributed by atoms with van der Waals surface area (Å²) in [6.07, 6.45) is 3.19. The molecule has 0 aromatic carbocycles. The molecule has 0 aliphatic rings. The van der Waals surface area contributed by atoms with Crippen LogP contribution in [0.1, 0.15) is 20.8 Å². The molecule has 0 spiro atoms. The van der Waals surface area contributed by atoms with Gasteiger partial charge in [0.2, 0.25) is 0 Å². The molecular formula is C12H19N3O3. The van der Waals surface area contributed by atoms with E-state index in [4.69, 9.17) is 5.11 Å². The number of carboxylic acid groups (broad SMARTS) is 1. The van der Waals surface area contributed by atoms with Gasteiger partial charge in [-0.1, -0.05) is 6.92 Å². The number of carbonyl (C=O) groups is 1. The second-order valence-corrected chi connectivity index (χ2v) is 4.12. The summed E-state index contributed by atoms with van der Waals surface area (Å²) >= 11 is 0. The van der Waals surface area contributed by atoms with E-state index in [2.05, 4.69) is 4.98 Å². The lowest BCUT2D eigenvalue weighted by atomic mass is 10.1. The Morgan fingerprint density at radius 2 is 2.22 bits per heavy atom. The number of aryl methyl sites for hydroxylation is 1. The average molecular weight is 253 g/mol. The molecular weight excluding hydrogens is 234 g/mol. The van der Waals surface area contributed by atoms with Crippen molar-refractivity contribution in [2.75, 3.05) is 18.0 Å². The molecule has 0 radical (unpaired) electrons. The molecule has 1 unspecified atom stereocenters. The van der Waals surface area contributed by atoms with Crippen LogP contribution in [0, 0.1) is 5.92 Å². The van der Waals surface area contributed by atoms with Crippen molar-refractivity contribution in [3.8, 4) is 0 Å². The summed E-state index contributed by atoms with van der Waals surface area (Å²) in [7, 11) is 0. The fraction of sp³-hybridized carbons (Fsp3) is 0.583. The number of hydrogen-bond donors (Lipinski definition) is 1. The van der Waals surface area contributed by atoms with Crippen LogP contribution in [0.3, 0.4) is 0 Å². The van der Waals surface area contributed by atoms with Crippen molar-refractivity contribution in [3.05, 3.63) is 22.7 Å². The minimum Gasteiger partial charge on any atom is -0.481 e. The van der Waals surface area contributed by atoms with E-state index in [1.165, 1.54) is 0 Å². The number of carboxylic acids is 1. The maximum Gasteiger partial charge on any atom is 0.308 e. The highest BCUT2D eigenvalue weighted by Crippen LogP contribution is 2.07. The Balaban J connectivity index is 3.02. The van der Waals surface area contributed by atoms with Crippen molar-refractivity contribution in [2.24, 2.45) is 5.92 Å². The summed E-state index contributed by atoms with van der Waals surface area (Å²) in [4.78, 5) is 28.7. The van der Waals surface area contributed by atoms with Crippen molar-refractivity contribution in [2.45, 2.75) is 27.3 Å². The average Bonchev–Trinajstić information content (AvgIpc) is 2.36. The molecule has 1 heterocycles. The van der Waals surface area contributed by atoms with E-state index in [9.17, 15) is 9.59 Å². The number of aromatic nitrogens is 2. The zero-order chi connectivity index (χ0) is 13.7. The van der Waals surface area contributed by atoms with Crippen molar-refractivity contribution in [1.82, 2.24) is 9.55 Å². The van der Waals surface area contributed by atoms with E-state index in [1.54, 1.807) is 28.8 Å². The van der Waals surface area contributed by atoms with Crippen LogP contribution in [0.15, 0.2) is 17.2 Å². The molecule has 0 bridgehead atoms. The molecule has 0 aliphatic heterocycles. The lowest BCUT2D eigenvalue weighted by Crippen LogP contribution is -2.37. The van der Waals surface area contributed by atoms with Gasteiger partial charge in [0, 0.05) is 32.0 Å². The maximum atomic E-state index is 12.1. The summed E-state index contributed by atoms with van der Waals surface area (Å²) in [5, 5.41) is 8.91. The molecule has 0 aliphatic carbocycles. The molecule has 18 heavy (non-hydrogen) atoms. The van der Waals surface area contributed by atoms with E-state index >= 15 is 0 Å². The smallest absolute Gasteiger partial charge is 0.308 e. The summed E-state index contributed by atoms with van der Waals surface area (Å²) in [5.74, 6) is -1.10. The van der Waals surface area contributed by atoms with Gasteiger partial charge in [-0.25, -0.2) is 4.98 Å². The monoisotopic (exact) mass is 253 g/mol. The van der Waals surface area contributed by atoms with Gasteiger partial charge < -0.3 is 14.6 Å². The van der Waals surface area contributed by atoms with Crippen LogP contribution in [0.2, 0.25) is 0 Å². The first kappa shape index (κ1) is 14.2. The van der Waals surface area contributed by atoms with Gasteiger partial charge in [0.05, 0.1) is 5.92 Å². The zero-order valence-electron chi connectivity index (χ0n) is 11.0. The molecule has 0 amide bonds. The molecule has 0 fully saturated rings. The second-order valence-electron chi connectivity index (χ2n) is 4.12. The topological polar surface area (TPSA) is 75.4 Å². The Morgan fingerprint density at radius 3 is 2.72 bits per heavy atom. The van der Waals surface area contributed by atoms with E-state index < -0.39 is 11.9 Å². The Bertz CT molecular complexity index is 470. The largest absolute Gasteiger partial charge is 0.481 e. The minimum absolute atomic E-state index is 0.181. The van der Waals surface area contributed by atoms with Crippen molar-refractivity contribution in [3.63, 3.8) is 0 Å². The molecule has 1 atom stereocenters. The molecule has 100 valence electrons. The highest BCUT2D eigenvalue weighted by Gasteiger charge is 2.18. The van der Waals surface area contributed by atoms with Gasteiger partial charge in [0.1, 0.15) is 0 Å². The normalized spacial score (nSPS) is 12.2. The first-order valence-electron chi connectivity index (χ1n) is 6.04. The first-order chi connectivity index (χ1) is 8.51. The van der Waals surface area contributed by atoms with Gasteiger partial charge in [-0.3, -0.25) is 9.59 Å². The Labute approximate surface area is 106 Å². The number of hydrogen-bond acceptors (Lipinski definition) is 4. The van der Waals surface area contributed by atoms with Crippen LogP contribution in [0.25, 0.3) is 0 Å². The summed E-state index contributed by atoms with van der Waals surface area (Å²) in [6, 6.07) is 0. The molecule has 1 N–H and O–H groups in total. The van der Waals surface area contributed by atoms with E-state index in [0.717, 1.165) is 0 Å². The number of aliphatic carboxylic acids is 1. The van der Waals surface area contributed by atoms with Crippen molar-refractivity contribution in [1.29, 1.82) is 0 Å². The predicted octanol–water partition coefficient (Wildman–Crippen LogP) is 0.810. The van der Waals surface area contributed by atoms with Gasteiger partial charge in [-0.15, -0.1) is 0 Å². The van der Waals surface area contributed by atoms with Crippen molar-refractivity contribution >= 4 is 11.8 Å². The molecule has 1 aromatic heterocycles. The zero-order valence-corrected chi connectivity index (χ0v) is 11.0. The van der Waals surface area contributed by atoms with Crippen molar-refractivity contribution < 1.29 is 9.90 Å². The SMILES string of the molecule is CCN(CC(C)C(=O)O)c1nccn(CC)c1=O. The lowest BCUT2D eigenvalue weighted by molar-refractivity contribution is -0.140. The Morgan fingerprint density at radius 1 is 1.56 bits per heavy atom. The third kappa shape index (κ3) is 3.09. The van der Waals surface area contributed by atoms with E-state index in [0.29, 0.717) is 18.9 Å². The van der Waals surface area contributed by atoms with Gasteiger partial charge in [0.15, 0.2) is 5.82 Å². The van der Waals surface area contributed by atoms with Gasteiger partial charge in [0.25, 0.3) is 5.56 Å². The van der Waals surface area contributed by atoms with E-state index in [-0.39, 0.29) is 12.1 Å². The fourth-order valence-electron chi connectivity index (χ4n) is 1.68. The maximum absolute atomic E-state index is 12.1. The molecule has 1 aromatic rings. The highest BCUT2D eigenvalue weighted by molar-refractivity contribution is 5.70. The Hall–Kier alpha value is -1.85. The second kappa shape index (κ2) is 6.18. The number of rotatable bonds is 6. The van der Waals surface area contributed by atoms with Gasteiger partial charge >= 0.3 is 5.97 Å². The van der Waals surface area contributed by atoms with Crippen LogP contribution in [-0.2, 0) is 11.3 Å². The fourth-order valence-corrected chi connectivity index (χ4v) is 1.68. The summed E-state index contributed by atoms with van der Waals surface area (Å²) in [6.45, 7) is 6.77. The van der Waals surface area contributed by atoms with Crippen LogP contribution >= 0.6 is 0 Å². The summed E-state index contributed by atoms with van der Waals surface area (Å²) < 4.78 is 1.55. The van der Waals surface area contributed by atoms with E-state index in [1.807, 2.05) is 13.8 Å². The van der Waals surface area contributed by atoms with Crippen LogP contribution in [-0.4, -0.2) is 33.7 Å². The summed E-state index contributed by atoms with van der Waals surface area (Å²) in [5.41, 5.74) is -0.181. The number of nitrogens with zero attached hydrogens (tertiary/aromatic N) is 3. The molecule has 0 saturated carbocycles. The van der Waals surface area contributed by atoms with Gasteiger partial charge in [-0.2, -0.15) is 0 Å². The Kier molecular flexibility index (Phi) is 4.88. The predicted molar refractivity (Wildman–Crippen MR) is 68.9 cm³/mol. The third-order valence-electron chi connectivity index (χ3n) is 2.83. The molecule has 6 heteroatoms. The van der Waals surface area contributed by atoms with Crippen LogP contribution in [0.5, 0.6) is 0 Å². The minimum atomic E-state index is -0.875. The molecule has 1 rings (SSSR count). The number of anilines is 1. The quantitative estimate of drug-likeness (QED) is 0.812. The highest BCUT2D eigenvalue weighted by atomic mass is 16.4. The lowest BCUT2D eigenvalue weighted by Gasteiger charge is -2.23. The van der Waals surface area contributed by atoms with Gasteiger partial charge in [-0.05, 0) is 13.8 Å².